The zero-order valence-electron chi connectivity index (χ0n) is 11.8. The van der Waals surface area contributed by atoms with Gasteiger partial charge in [0.2, 0.25) is 0 Å². The predicted octanol–water partition coefficient (Wildman–Crippen LogP) is 0.274. The van der Waals surface area contributed by atoms with E-state index in [0.29, 0.717) is 17.5 Å². The Balaban J connectivity index is 1.73. The first-order valence-electron chi connectivity index (χ1n) is 7.10. The Labute approximate surface area is 120 Å². The first kappa shape index (κ1) is 14.1. The zero-order chi connectivity index (χ0) is 14.2. The van der Waals surface area contributed by atoms with Gasteiger partial charge in [-0.1, -0.05) is 0 Å². The normalized spacial score (nSPS) is 24.9. The van der Waals surface area contributed by atoms with Crippen molar-refractivity contribution in [3.8, 4) is 5.75 Å². The van der Waals surface area contributed by atoms with Crippen LogP contribution in [0.15, 0.2) is 18.2 Å². The summed E-state index contributed by atoms with van der Waals surface area (Å²) in [6.07, 6.45) is 1.74. The summed E-state index contributed by atoms with van der Waals surface area (Å²) >= 11 is 0. The van der Waals surface area contributed by atoms with E-state index >= 15 is 0 Å². The third-order valence-corrected chi connectivity index (χ3v) is 8.02. The van der Waals surface area contributed by atoms with E-state index in [0.717, 1.165) is 43.9 Å². The molecule has 112 valence electrons. The molecule has 6 heteroatoms. The minimum absolute atomic E-state index is 0.564. The topological polar surface area (TPSA) is 68.0 Å². The molecule has 3 rings (SSSR count). The van der Waals surface area contributed by atoms with Gasteiger partial charge in [-0.3, -0.25) is 0 Å². The summed E-state index contributed by atoms with van der Waals surface area (Å²) < 4.78 is 10.5. The Morgan fingerprint density at radius 1 is 1.35 bits per heavy atom. The van der Waals surface area contributed by atoms with Crippen molar-refractivity contribution in [1.29, 1.82) is 0 Å². The summed E-state index contributed by atoms with van der Waals surface area (Å²) in [4.78, 5) is 13.5. The van der Waals surface area contributed by atoms with Gasteiger partial charge in [-0.05, 0) is 0 Å². The molecular weight excluding hydrogens is 275 g/mol. The SMILES string of the molecule is COc1cc([PH]2(O)CCN(C3COC3)CC2)ccc1N. The van der Waals surface area contributed by atoms with E-state index in [2.05, 4.69) is 4.90 Å². The maximum atomic E-state index is 11.0. The van der Waals surface area contributed by atoms with Gasteiger partial charge in [-0.2, -0.15) is 0 Å². The summed E-state index contributed by atoms with van der Waals surface area (Å²) in [6.45, 7) is 3.61. The van der Waals surface area contributed by atoms with Gasteiger partial charge in [0.05, 0.1) is 0 Å². The van der Waals surface area contributed by atoms with Crippen LogP contribution in [0, 0.1) is 0 Å². The third kappa shape index (κ3) is 2.51. The maximum absolute atomic E-state index is 11.0. The van der Waals surface area contributed by atoms with Crippen LogP contribution in [0.2, 0.25) is 0 Å². The molecule has 0 unspecified atom stereocenters. The Hall–Kier alpha value is -0.870. The first-order chi connectivity index (χ1) is 9.62. The van der Waals surface area contributed by atoms with Crippen molar-refractivity contribution in [2.45, 2.75) is 6.04 Å². The van der Waals surface area contributed by atoms with Gasteiger partial charge >= 0.3 is 119 Å². The Morgan fingerprint density at radius 3 is 2.60 bits per heavy atom. The number of methoxy groups -OCH3 is 1. The van der Waals surface area contributed by atoms with E-state index < -0.39 is 7.49 Å². The standard InChI is InChI=1S/C14H23N2O3P/c1-18-14-8-12(2-3-13(14)15)20(17)6-4-16(5-7-20)11-9-19-10-11/h2-3,8,11,17,20H,4-7,9-10,15H2,1H3. The van der Waals surface area contributed by atoms with Crippen LogP contribution >= 0.6 is 7.49 Å². The number of nitrogen functional groups attached to an aromatic ring is 1. The van der Waals surface area contributed by atoms with Gasteiger partial charge in [0.1, 0.15) is 0 Å². The average molecular weight is 298 g/mol. The predicted molar refractivity (Wildman–Crippen MR) is 83.5 cm³/mol. The van der Waals surface area contributed by atoms with E-state index in [9.17, 15) is 4.89 Å². The Morgan fingerprint density at radius 2 is 2.05 bits per heavy atom. The number of benzene rings is 1. The summed E-state index contributed by atoms with van der Waals surface area (Å²) in [7, 11) is -0.766. The van der Waals surface area contributed by atoms with Crippen LogP contribution in [0.1, 0.15) is 0 Å². The molecule has 2 heterocycles. The van der Waals surface area contributed by atoms with Gasteiger partial charge in [0.25, 0.3) is 0 Å². The fraction of sp³-hybridized carbons (Fsp3) is 0.571. The van der Waals surface area contributed by atoms with Crippen molar-refractivity contribution < 1.29 is 14.4 Å². The zero-order valence-corrected chi connectivity index (χ0v) is 12.8. The van der Waals surface area contributed by atoms with Gasteiger partial charge < -0.3 is 0 Å². The molecule has 0 saturated carbocycles. The van der Waals surface area contributed by atoms with Crippen molar-refractivity contribution in [1.82, 2.24) is 4.90 Å². The molecule has 0 atom stereocenters. The number of ether oxygens (including phenoxy) is 2. The number of hydrogen-bond acceptors (Lipinski definition) is 5. The molecule has 2 aliphatic heterocycles. The fourth-order valence-corrected chi connectivity index (χ4v) is 5.92. The third-order valence-electron chi connectivity index (χ3n) is 4.53. The van der Waals surface area contributed by atoms with Gasteiger partial charge in [-0.25, -0.2) is 0 Å². The van der Waals surface area contributed by atoms with Crippen molar-refractivity contribution in [3.05, 3.63) is 18.2 Å². The number of hydrogen-bond donors (Lipinski definition) is 2. The van der Waals surface area contributed by atoms with Crippen LogP contribution in [0.5, 0.6) is 5.75 Å². The molecule has 0 aromatic heterocycles. The molecule has 20 heavy (non-hydrogen) atoms. The molecule has 2 aliphatic rings. The van der Waals surface area contributed by atoms with Crippen molar-refractivity contribution in [3.63, 3.8) is 0 Å². The second-order valence-electron chi connectivity index (χ2n) is 5.72. The number of anilines is 1. The molecule has 1 aromatic carbocycles. The molecule has 0 bridgehead atoms. The second-order valence-corrected chi connectivity index (χ2v) is 9.36. The van der Waals surface area contributed by atoms with Crippen molar-refractivity contribution in [2.75, 3.05) is 51.5 Å². The molecule has 0 aliphatic carbocycles. The van der Waals surface area contributed by atoms with Crippen LogP contribution in [0.3, 0.4) is 0 Å². The van der Waals surface area contributed by atoms with Crippen molar-refractivity contribution in [2.24, 2.45) is 0 Å². The van der Waals surface area contributed by atoms with Crippen LogP contribution in [0.25, 0.3) is 0 Å². The second kappa shape index (κ2) is 5.49. The molecular formula is C14H23N2O3P. The van der Waals surface area contributed by atoms with Crippen LogP contribution in [-0.2, 0) is 4.74 Å². The van der Waals surface area contributed by atoms with Crippen LogP contribution < -0.4 is 15.8 Å². The summed E-state index contributed by atoms with van der Waals surface area (Å²) in [6, 6.07) is 6.29. The number of nitrogens with zero attached hydrogens (tertiary/aromatic N) is 1. The quantitative estimate of drug-likeness (QED) is 0.619. The molecule has 1 aromatic rings. The number of rotatable bonds is 3. The fourth-order valence-electron chi connectivity index (χ4n) is 2.98. The average Bonchev–Trinajstić information content (AvgIpc) is 2.40. The number of nitrogens with two attached hydrogens (primary N) is 1. The van der Waals surface area contributed by atoms with Crippen LogP contribution in [-0.4, -0.2) is 61.6 Å². The Bertz CT molecular complexity index is 485. The Kier molecular flexibility index (Phi) is 3.87. The summed E-state index contributed by atoms with van der Waals surface area (Å²) in [5.74, 6) is 0.665. The molecule has 0 amide bonds. The minimum atomic E-state index is -2.38. The van der Waals surface area contributed by atoms with E-state index in [1.807, 2.05) is 18.2 Å². The molecule has 0 radical (unpaired) electrons. The van der Waals surface area contributed by atoms with Gasteiger partial charge in [0.15, 0.2) is 0 Å². The van der Waals surface area contributed by atoms with E-state index in [1.165, 1.54) is 0 Å². The van der Waals surface area contributed by atoms with Crippen molar-refractivity contribution >= 4 is 18.5 Å². The molecule has 2 saturated heterocycles. The van der Waals surface area contributed by atoms with E-state index in [4.69, 9.17) is 15.2 Å². The summed E-state index contributed by atoms with van der Waals surface area (Å²) in [5.41, 5.74) is 6.47. The molecule has 2 fully saturated rings. The van der Waals surface area contributed by atoms with Gasteiger partial charge in [0, 0.05) is 0 Å². The van der Waals surface area contributed by atoms with E-state index in [-0.39, 0.29) is 0 Å². The molecule has 5 nitrogen and oxygen atoms in total. The van der Waals surface area contributed by atoms with E-state index in [1.54, 1.807) is 7.11 Å². The molecule has 3 N–H and O–H groups in total. The first-order valence-corrected chi connectivity index (χ1v) is 9.47. The molecule has 0 spiro atoms. The monoisotopic (exact) mass is 298 g/mol. The van der Waals surface area contributed by atoms with Crippen LogP contribution in [0.4, 0.5) is 5.69 Å². The summed E-state index contributed by atoms with van der Waals surface area (Å²) in [5, 5.41) is 1.04. The van der Waals surface area contributed by atoms with Gasteiger partial charge in [-0.15, -0.1) is 0 Å².